The minimum absolute atomic E-state index is 0. The number of para-hydroxylation sites is 1. The summed E-state index contributed by atoms with van der Waals surface area (Å²) in [6.07, 6.45) is -1.07. The van der Waals surface area contributed by atoms with Crippen molar-refractivity contribution in [2.45, 2.75) is 12.2 Å². The number of rotatable bonds is 4. The van der Waals surface area contributed by atoms with E-state index in [4.69, 9.17) is 19.8 Å². The number of ether oxygens (including phenoxy) is 1. The number of nitrogens with one attached hydrogen (secondary N) is 1. The molecular formula is C23H25B2ClN2O6. The number of halogens is 1. The van der Waals surface area contributed by atoms with Gasteiger partial charge in [0.15, 0.2) is 0 Å². The van der Waals surface area contributed by atoms with Crippen LogP contribution in [0, 0.1) is 0 Å². The van der Waals surface area contributed by atoms with E-state index in [0.29, 0.717) is 12.3 Å². The molecule has 2 atom stereocenters. The van der Waals surface area contributed by atoms with Crippen LogP contribution in [0.5, 0.6) is 5.75 Å². The van der Waals surface area contributed by atoms with E-state index < -0.39 is 20.3 Å². The minimum Gasteiger partial charge on any atom is -0.423 e. The molecule has 5 rings (SSSR count). The number of carbonyl (C=O) groups excluding carboxylic acids is 1. The van der Waals surface area contributed by atoms with Gasteiger partial charge in [-0.1, -0.05) is 66.7 Å². The molecule has 0 fully saturated rings. The lowest BCUT2D eigenvalue weighted by Gasteiger charge is -2.13. The standard InChI is InChI=1S/C15H14BNO4.C8H10BNO2.ClH/c18-15(20-11-6-2-1-3-7-11)17-10-14-12-8-4-5-9-13(12)16(19)21-14;10-5-8-6-3-1-2-4-7(6)9(11)12-8;/h1-9,14,19H,10H2,(H,17,18);1-4,8,11H,5,10H2;1H. The van der Waals surface area contributed by atoms with E-state index in [9.17, 15) is 14.8 Å². The van der Waals surface area contributed by atoms with Crippen LogP contribution in [0.3, 0.4) is 0 Å². The average molecular weight is 483 g/mol. The molecule has 3 aromatic rings. The first-order valence-corrected chi connectivity index (χ1v) is 10.6. The predicted molar refractivity (Wildman–Crippen MR) is 133 cm³/mol. The summed E-state index contributed by atoms with van der Waals surface area (Å²) in [5, 5.41) is 21.8. The number of hydrogen-bond donors (Lipinski definition) is 4. The Bertz CT molecular complexity index is 1090. The van der Waals surface area contributed by atoms with Gasteiger partial charge in [-0.2, -0.15) is 0 Å². The SMILES string of the molecule is Cl.NCC1OB(O)c2ccccc21.O=C(NCC1OB(O)c2ccccc21)Oc1ccccc1. The second-order valence-electron chi connectivity index (χ2n) is 7.53. The first-order chi connectivity index (χ1) is 16.1. The summed E-state index contributed by atoms with van der Waals surface area (Å²) in [5.41, 5.74) is 8.94. The van der Waals surface area contributed by atoms with Gasteiger partial charge in [0.05, 0.1) is 12.2 Å². The summed E-state index contributed by atoms with van der Waals surface area (Å²) in [6, 6.07) is 23.8. The van der Waals surface area contributed by atoms with E-state index in [2.05, 4.69) is 5.32 Å². The first kappa shape index (κ1) is 25.8. The molecule has 34 heavy (non-hydrogen) atoms. The van der Waals surface area contributed by atoms with E-state index in [1.807, 2.05) is 54.6 Å². The second-order valence-corrected chi connectivity index (χ2v) is 7.53. The van der Waals surface area contributed by atoms with Crippen LogP contribution in [0.4, 0.5) is 4.79 Å². The second kappa shape index (κ2) is 12.0. The molecule has 0 radical (unpaired) electrons. The van der Waals surface area contributed by atoms with Gasteiger partial charge >= 0.3 is 20.3 Å². The zero-order chi connectivity index (χ0) is 23.2. The van der Waals surface area contributed by atoms with Crippen LogP contribution in [-0.2, 0) is 9.31 Å². The molecule has 2 aliphatic heterocycles. The Kier molecular flexibility index (Phi) is 9.12. The summed E-state index contributed by atoms with van der Waals surface area (Å²) in [4.78, 5) is 11.7. The first-order valence-electron chi connectivity index (χ1n) is 10.6. The predicted octanol–water partition coefficient (Wildman–Crippen LogP) is 1.06. The highest BCUT2D eigenvalue weighted by Crippen LogP contribution is 2.22. The smallest absolute Gasteiger partial charge is 0.423 e. The molecule has 8 nitrogen and oxygen atoms in total. The third kappa shape index (κ3) is 5.98. The molecule has 0 saturated heterocycles. The molecule has 2 unspecified atom stereocenters. The van der Waals surface area contributed by atoms with Crippen molar-refractivity contribution in [3.05, 3.63) is 90.0 Å². The van der Waals surface area contributed by atoms with E-state index >= 15 is 0 Å². The van der Waals surface area contributed by atoms with Gasteiger partial charge in [-0.15, -0.1) is 12.4 Å². The van der Waals surface area contributed by atoms with Gasteiger partial charge in [0.1, 0.15) is 5.75 Å². The van der Waals surface area contributed by atoms with Crippen LogP contribution in [-0.4, -0.2) is 43.5 Å². The monoisotopic (exact) mass is 482 g/mol. The molecule has 3 aromatic carbocycles. The Balaban J connectivity index is 0.000000212. The van der Waals surface area contributed by atoms with Crippen molar-refractivity contribution in [1.29, 1.82) is 0 Å². The maximum Gasteiger partial charge on any atom is 0.492 e. The molecule has 2 aliphatic rings. The zero-order valence-electron chi connectivity index (χ0n) is 18.2. The maximum absolute atomic E-state index is 11.7. The van der Waals surface area contributed by atoms with Crippen molar-refractivity contribution < 1.29 is 28.9 Å². The quantitative estimate of drug-likeness (QED) is 0.410. The summed E-state index contributed by atoms with van der Waals surface area (Å²) >= 11 is 0. The van der Waals surface area contributed by atoms with Crippen molar-refractivity contribution in [2.75, 3.05) is 13.1 Å². The Morgan fingerprint density at radius 2 is 1.35 bits per heavy atom. The molecule has 1 amide bonds. The number of carbonyl (C=O) groups is 1. The lowest BCUT2D eigenvalue weighted by Crippen LogP contribution is -2.31. The number of fused-ring (bicyclic) bond motifs is 2. The van der Waals surface area contributed by atoms with Crippen LogP contribution in [0.2, 0.25) is 0 Å². The van der Waals surface area contributed by atoms with Crippen LogP contribution in [0.25, 0.3) is 0 Å². The van der Waals surface area contributed by atoms with Gasteiger partial charge in [0, 0.05) is 13.1 Å². The summed E-state index contributed by atoms with van der Waals surface area (Å²) in [7, 11) is -1.74. The fraction of sp³-hybridized carbons (Fsp3) is 0.174. The largest absolute Gasteiger partial charge is 0.492 e. The molecule has 0 bridgehead atoms. The molecule has 2 heterocycles. The van der Waals surface area contributed by atoms with Gasteiger partial charge < -0.3 is 35.1 Å². The minimum atomic E-state index is -0.946. The molecule has 5 N–H and O–H groups in total. The Labute approximate surface area is 204 Å². The number of hydrogen-bond acceptors (Lipinski definition) is 7. The number of benzene rings is 3. The van der Waals surface area contributed by atoms with Crippen LogP contribution < -0.4 is 26.7 Å². The molecule has 0 spiro atoms. The van der Waals surface area contributed by atoms with Crippen molar-refractivity contribution in [3.63, 3.8) is 0 Å². The number of amides is 1. The van der Waals surface area contributed by atoms with Gasteiger partial charge in [-0.3, -0.25) is 0 Å². The van der Waals surface area contributed by atoms with Crippen molar-refractivity contribution in [2.24, 2.45) is 5.73 Å². The van der Waals surface area contributed by atoms with Crippen molar-refractivity contribution in [1.82, 2.24) is 5.32 Å². The van der Waals surface area contributed by atoms with Gasteiger partial charge in [-0.25, -0.2) is 4.79 Å². The molecule has 0 aliphatic carbocycles. The third-order valence-corrected chi connectivity index (χ3v) is 5.40. The lowest BCUT2D eigenvalue weighted by atomic mass is 9.79. The summed E-state index contributed by atoms with van der Waals surface area (Å²) < 4.78 is 15.7. The molecule has 11 heteroatoms. The highest BCUT2D eigenvalue weighted by atomic mass is 35.5. The topological polar surface area (TPSA) is 123 Å². The highest BCUT2D eigenvalue weighted by Gasteiger charge is 2.35. The van der Waals surface area contributed by atoms with Crippen LogP contribution in [0.15, 0.2) is 78.9 Å². The molecule has 0 saturated carbocycles. The molecule has 176 valence electrons. The van der Waals surface area contributed by atoms with Gasteiger partial charge in [-0.05, 0) is 34.2 Å². The Morgan fingerprint density at radius 1 is 0.853 bits per heavy atom. The Hall–Kier alpha value is -2.85. The van der Waals surface area contributed by atoms with Crippen molar-refractivity contribution >= 4 is 43.7 Å². The van der Waals surface area contributed by atoms with E-state index in [1.54, 1.807) is 24.3 Å². The fourth-order valence-corrected chi connectivity index (χ4v) is 3.81. The summed E-state index contributed by atoms with van der Waals surface area (Å²) in [5.74, 6) is 0.475. The van der Waals surface area contributed by atoms with E-state index in [1.165, 1.54) is 0 Å². The van der Waals surface area contributed by atoms with Gasteiger partial charge in [0.25, 0.3) is 0 Å². The molecular weight excluding hydrogens is 457 g/mol. The fourth-order valence-electron chi connectivity index (χ4n) is 3.81. The average Bonchev–Trinajstić information content (AvgIpc) is 3.35. The van der Waals surface area contributed by atoms with E-state index in [0.717, 1.165) is 22.1 Å². The maximum atomic E-state index is 11.7. The van der Waals surface area contributed by atoms with Crippen LogP contribution >= 0.6 is 12.4 Å². The summed E-state index contributed by atoms with van der Waals surface area (Å²) in [6.45, 7) is 0.647. The molecule has 0 aromatic heterocycles. The lowest BCUT2D eigenvalue weighted by molar-refractivity contribution is 0.170. The Morgan fingerprint density at radius 3 is 1.94 bits per heavy atom. The third-order valence-electron chi connectivity index (χ3n) is 5.40. The van der Waals surface area contributed by atoms with E-state index in [-0.39, 0.29) is 31.2 Å². The van der Waals surface area contributed by atoms with Gasteiger partial charge in [0.2, 0.25) is 0 Å². The van der Waals surface area contributed by atoms with Crippen LogP contribution in [0.1, 0.15) is 23.3 Å². The highest BCUT2D eigenvalue weighted by molar-refractivity contribution is 6.62. The van der Waals surface area contributed by atoms with Crippen molar-refractivity contribution in [3.8, 4) is 5.75 Å². The number of nitrogens with two attached hydrogens (primary N) is 1. The zero-order valence-corrected chi connectivity index (χ0v) is 19.1. The normalized spacial score (nSPS) is 17.6.